The van der Waals surface area contributed by atoms with E-state index < -0.39 is 9.84 Å². The number of hydrogen-bond acceptors (Lipinski definition) is 2. The minimum Gasteiger partial charge on any atom is -0.359 e. The van der Waals surface area contributed by atoms with Crippen molar-refractivity contribution in [2.45, 2.75) is 13.3 Å². The molecule has 2 aromatic rings. The molecule has 1 N–H and O–H groups in total. The van der Waals surface area contributed by atoms with Crippen LogP contribution in [0.15, 0.2) is 24.3 Å². The summed E-state index contributed by atoms with van der Waals surface area (Å²) in [6, 6.07) is 8.11. The van der Waals surface area contributed by atoms with Crippen LogP contribution in [0.3, 0.4) is 0 Å². The minimum absolute atomic E-state index is 0.207. The van der Waals surface area contributed by atoms with Gasteiger partial charge in [-0.1, -0.05) is 12.1 Å². The average Bonchev–Trinajstić information content (AvgIpc) is 2.52. The van der Waals surface area contributed by atoms with Gasteiger partial charge in [0.15, 0.2) is 0 Å². The number of fused-ring (bicyclic) bond motifs is 1. The largest absolute Gasteiger partial charge is 0.359 e. The first kappa shape index (κ1) is 11.2. The molecular formula is C12H15NO2S. The lowest BCUT2D eigenvalue weighted by atomic mass is 10.1. The number of aromatic nitrogens is 1. The molecule has 86 valence electrons. The van der Waals surface area contributed by atoms with Crippen molar-refractivity contribution < 1.29 is 8.42 Å². The molecule has 0 atom stereocenters. The molecule has 0 spiro atoms. The van der Waals surface area contributed by atoms with Crippen LogP contribution in [-0.4, -0.2) is 25.4 Å². The molecule has 0 aliphatic rings. The molecule has 0 unspecified atom stereocenters. The first-order chi connectivity index (χ1) is 7.44. The lowest BCUT2D eigenvalue weighted by Gasteiger charge is -2.00. The summed E-state index contributed by atoms with van der Waals surface area (Å²) in [6.45, 7) is 2.01. The smallest absolute Gasteiger partial charge is 0.147 e. The number of H-pyrrole nitrogens is 1. The van der Waals surface area contributed by atoms with Gasteiger partial charge in [-0.3, -0.25) is 0 Å². The zero-order valence-electron chi connectivity index (χ0n) is 9.45. The van der Waals surface area contributed by atoms with Crippen molar-refractivity contribution >= 4 is 20.7 Å². The van der Waals surface area contributed by atoms with Gasteiger partial charge in [0.25, 0.3) is 0 Å². The number of rotatable bonds is 3. The van der Waals surface area contributed by atoms with Crippen LogP contribution >= 0.6 is 0 Å². The number of aromatic amines is 1. The van der Waals surface area contributed by atoms with E-state index in [-0.39, 0.29) is 5.75 Å². The van der Waals surface area contributed by atoms with Gasteiger partial charge < -0.3 is 4.98 Å². The number of sulfone groups is 1. The molecule has 0 bridgehead atoms. The molecule has 0 saturated heterocycles. The standard InChI is InChI=1S/C12H15NO2S/c1-9-7-11-4-3-10(8-12(11)13-9)5-6-16(2,14)15/h3-4,7-8,13H,5-6H2,1-2H3. The van der Waals surface area contributed by atoms with Gasteiger partial charge in [0.1, 0.15) is 9.84 Å². The predicted molar refractivity (Wildman–Crippen MR) is 66.5 cm³/mol. The second kappa shape index (κ2) is 3.94. The van der Waals surface area contributed by atoms with Gasteiger partial charge in [0.05, 0.1) is 5.75 Å². The highest BCUT2D eigenvalue weighted by Gasteiger charge is 2.04. The van der Waals surface area contributed by atoms with E-state index in [9.17, 15) is 8.42 Å². The van der Waals surface area contributed by atoms with E-state index in [1.54, 1.807) is 0 Å². The van der Waals surface area contributed by atoms with Crippen LogP contribution in [0.2, 0.25) is 0 Å². The van der Waals surface area contributed by atoms with Crippen LogP contribution in [-0.2, 0) is 16.3 Å². The maximum Gasteiger partial charge on any atom is 0.147 e. The molecule has 2 rings (SSSR count). The summed E-state index contributed by atoms with van der Waals surface area (Å²) in [5, 5.41) is 1.17. The number of nitrogens with one attached hydrogen (secondary N) is 1. The molecule has 0 aliphatic carbocycles. The van der Waals surface area contributed by atoms with Crippen LogP contribution < -0.4 is 0 Å². The fourth-order valence-electron chi connectivity index (χ4n) is 1.78. The van der Waals surface area contributed by atoms with Gasteiger partial charge >= 0.3 is 0 Å². The minimum atomic E-state index is -2.88. The molecule has 1 aromatic carbocycles. The Labute approximate surface area is 95.4 Å². The molecule has 1 heterocycles. The molecular weight excluding hydrogens is 222 g/mol. The Kier molecular flexibility index (Phi) is 2.76. The van der Waals surface area contributed by atoms with E-state index in [0.717, 1.165) is 16.8 Å². The van der Waals surface area contributed by atoms with Gasteiger partial charge in [0.2, 0.25) is 0 Å². The van der Waals surface area contributed by atoms with Crippen molar-refractivity contribution in [3.63, 3.8) is 0 Å². The topological polar surface area (TPSA) is 49.9 Å². The van der Waals surface area contributed by atoms with E-state index in [0.29, 0.717) is 6.42 Å². The van der Waals surface area contributed by atoms with Crippen molar-refractivity contribution in [3.8, 4) is 0 Å². The Morgan fingerprint density at radius 2 is 2.00 bits per heavy atom. The van der Waals surface area contributed by atoms with Crippen molar-refractivity contribution in [3.05, 3.63) is 35.5 Å². The van der Waals surface area contributed by atoms with E-state index in [1.165, 1.54) is 11.6 Å². The highest BCUT2D eigenvalue weighted by molar-refractivity contribution is 7.90. The summed E-state index contributed by atoms with van der Waals surface area (Å²) < 4.78 is 22.1. The predicted octanol–water partition coefficient (Wildman–Crippen LogP) is 2.06. The lowest BCUT2D eigenvalue weighted by molar-refractivity contribution is 0.601. The van der Waals surface area contributed by atoms with Gasteiger partial charge in [-0.15, -0.1) is 0 Å². The number of aryl methyl sites for hydroxylation is 2. The van der Waals surface area contributed by atoms with Crippen LogP contribution in [0, 0.1) is 6.92 Å². The summed E-state index contributed by atoms with van der Waals surface area (Å²) in [5.41, 5.74) is 3.25. The molecule has 0 radical (unpaired) electrons. The molecule has 1 aromatic heterocycles. The number of hydrogen-bond donors (Lipinski definition) is 1. The maximum atomic E-state index is 11.1. The molecule has 0 aliphatic heterocycles. The third-order valence-corrected chi connectivity index (χ3v) is 3.53. The molecule has 0 amide bonds. The Hall–Kier alpha value is -1.29. The molecule has 4 heteroatoms. The van der Waals surface area contributed by atoms with Gasteiger partial charge in [-0.25, -0.2) is 8.42 Å². The highest BCUT2D eigenvalue weighted by Crippen LogP contribution is 2.17. The van der Waals surface area contributed by atoms with Crippen molar-refractivity contribution in [1.82, 2.24) is 4.98 Å². The fourth-order valence-corrected chi connectivity index (χ4v) is 2.38. The molecule has 3 nitrogen and oxygen atoms in total. The number of benzene rings is 1. The lowest BCUT2D eigenvalue weighted by Crippen LogP contribution is -2.05. The second-order valence-corrected chi connectivity index (χ2v) is 6.51. The fraction of sp³-hybridized carbons (Fsp3) is 0.333. The zero-order chi connectivity index (χ0) is 11.8. The Balaban J connectivity index is 2.25. The molecule has 16 heavy (non-hydrogen) atoms. The van der Waals surface area contributed by atoms with Gasteiger partial charge in [-0.05, 0) is 36.4 Å². The summed E-state index contributed by atoms with van der Waals surface area (Å²) in [7, 11) is -2.88. The SMILES string of the molecule is Cc1cc2ccc(CCS(C)(=O)=O)cc2[nH]1. The van der Waals surface area contributed by atoms with E-state index in [2.05, 4.69) is 11.1 Å². The van der Waals surface area contributed by atoms with Crippen molar-refractivity contribution in [2.24, 2.45) is 0 Å². The first-order valence-electron chi connectivity index (χ1n) is 5.20. The average molecular weight is 237 g/mol. The monoisotopic (exact) mass is 237 g/mol. The summed E-state index contributed by atoms with van der Waals surface area (Å²) >= 11 is 0. The third-order valence-electron chi connectivity index (χ3n) is 2.58. The molecule has 0 saturated carbocycles. The van der Waals surface area contributed by atoms with E-state index in [1.807, 2.05) is 25.1 Å². The maximum absolute atomic E-state index is 11.1. The van der Waals surface area contributed by atoms with Gasteiger partial charge in [0, 0.05) is 17.5 Å². The van der Waals surface area contributed by atoms with E-state index >= 15 is 0 Å². The highest BCUT2D eigenvalue weighted by atomic mass is 32.2. The third kappa shape index (κ3) is 2.64. The zero-order valence-corrected chi connectivity index (χ0v) is 10.3. The van der Waals surface area contributed by atoms with Crippen molar-refractivity contribution in [2.75, 3.05) is 12.0 Å². The second-order valence-electron chi connectivity index (χ2n) is 4.25. The summed E-state index contributed by atoms with van der Waals surface area (Å²) in [5.74, 6) is 0.207. The van der Waals surface area contributed by atoms with Crippen LogP contribution in [0.5, 0.6) is 0 Å². The Morgan fingerprint density at radius 1 is 1.25 bits per heavy atom. The van der Waals surface area contributed by atoms with E-state index in [4.69, 9.17) is 0 Å². The molecule has 0 fully saturated rings. The van der Waals surface area contributed by atoms with Crippen LogP contribution in [0.1, 0.15) is 11.3 Å². The quantitative estimate of drug-likeness (QED) is 0.888. The summed E-state index contributed by atoms with van der Waals surface area (Å²) in [4.78, 5) is 3.25. The van der Waals surface area contributed by atoms with Gasteiger partial charge in [-0.2, -0.15) is 0 Å². The van der Waals surface area contributed by atoms with Crippen LogP contribution in [0.25, 0.3) is 10.9 Å². The first-order valence-corrected chi connectivity index (χ1v) is 7.26. The Bertz CT molecular complexity index is 611. The van der Waals surface area contributed by atoms with Crippen LogP contribution in [0.4, 0.5) is 0 Å². The van der Waals surface area contributed by atoms with Crippen molar-refractivity contribution in [1.29, 1.82) is 0 Å². The Morgan fingerprint density at radius 3 is 2.69 bits per heavy atom. The summed E-state index contributed by atoms with van der Waals surface area (Å²) in [6.07, 6.45) is 1.84. The normalized spacial score (nSPS) is 12.1.